The second kappa shape index (κ2) is 7.49. The highest BCUT2D eigenvalue weighted by Gasteiger charge is 2.15. The number of carbonyl (C=O) groups excluding carboxylic acids is 1. The standard InChI is InChI=1S/C18H20N4O5S/c1-21(2)14-8-7-12(28(19,25)26)11-13(14)20-17(23)9-10-22-15-5-3-4-6-16(15)27-18(22)24/h3-8,11H,9-10H2,1-2H3,(H,20,23)(H2,19,25,26). The number of fused-ring (bicyclic) bond motifs is 1. The molecule has 0 spiro atoms. The number of hydrogen-bond donors (Lipinski definition) is 2. The van der Waals surface area contributed by atoms with Crippen molar-refractivity contribution in [3.63, 3.8) is 0 Å². The number of amides is 1. The van der Waals surface area contributed by atoms with Gasteiger partial charge in [0, 0.05) is 27.1 Å². The van der Waals surface area contributed by atoms with Crippen molar-refractivity contribution in [2.45, 2.75) is 17.9 Å². The van der Waals surface area contributed by atoms with E-state index in [0.717, 1.165) is 0 Å². The van der Waals surface area contributed by atoms with Gasteiger partial charge in [-0.15, -0.1) is 0 Å². The van der Waals surface area contributed by atoms with Crippen LogP contribution in [0.4, 0.5) is 11.4 Å². The summed E-state index contributed by atoms with van der Waals surface area (Å²) in [5.41, 5.74) is 1.98. The average molecular weight is 404 g/mol. The van der Waals surface area contributed by atoms with Gasteiger partial charge in [-0.05, 0) is 30.3 Å². The van der Waals surface area contributed by atoms with Crippen molar-refractivity contribution in [1.82, 2.24) is 4.57 Å². The van der Waals surface area contributed by atoms with Crippen LogP contribution in [0.25, 0.3) is 11.1 Å². The van der Waals surface area contributed by atoms with Gasteiger partial charge in [-0.1, -0.05) is 12.1 Å². The molecule has 9 nitrogen and oxygen atoms in total. The maximum Gasteiger partial charge on any atom is 0.419 e. The number of nitrogens with one attached hydrogen (secondary N) is 1. The van der Waals surface area contributed by atoms with Crippen molar-refractivity contribution >= 4 is 38.4 Å². The fourth-order valence-electron chi connectivity index (χ4n) is 2.83. The van der Waals surface area contributed by atoms with E-state index in [0.29, 0.717) is 22.5 Å². The van der Waals surface area contributed by atoms with Gasteiger partial charge in [0.15, 0.2) is 5.58 Å². The normalized spacial score (nSPS) is 11.5. The Labute approximate surface area is 161 Å². The number of sulfonamides is 1. The molecule has 10 heteroatoms. The number of aromatic nitrogens is 1. The molecule has 28 heavy (non-hydrogen) atoms. The molecule has 0 aliphatic carbocycles. The van der Waals surface area contributed by atoms with Crippen LogP contribution in [0.5, 0.6) is 0 Å². The molecule has 0 saturated heterocycles. The number of nitrogens with two attached hydrogens (primary N) is 1. The van der Waals surface area contributed by atoms with Gasteiger partial charge in [-0.3, -0.25) is 9.36 Å². The number of primary sulfonamides is 1. The SMILES string of the molecule is CN(C)c1ccc(S(N)(=O)=O)cc1NC(=O)CCn1c(=O)oc2ccccc21. The van der Waals surface area contributed by atoms with Gasteiger partial charge in [0.25, 0.3) is 0 Å². The minimum absolute atomic E-state index is 0.00406. The number of oxazole rings is 1. The maximum absolute atomic E-state index is 12.4. The summed E-state index contributed by atoms with van der Waals surface area (Å²) in [6, 6.07) is 11.2. The Balaban J connectivity index is 1.81. The maximum atomic E-state index is 12.4. The van der Waals surface area contributed by atoms with E-state index in [4.69, 9.17) is 9.56 Å². The third-order valence-corrected chi connectivity index (χ3v) is 5.10. The zero-order valence-electron chi connectivity index (χ0n) is 15.4. The molecule has 1 amide bonds. The van der Waals surface area contributed by atoms with E-state index in [1.807, 2.05) is 0 Å². The minimum Gasteiger partial charge on any atom is -0.408 e. The molecule has 0 fully saturated rings. The van der Waals surface area contributed by atoms with Crippen LogP contribution in [0, 0.1) is 0 Å². The number of carbonyl (C=O) groups is 1. The molecule has 0 bridgehead atoms. The predicted octanol–water partition coefficient (Wildman–Crippen LogP) is 1.34. The number of nitrogens with zero attached hydrogens (tertiary/aromatic N) is 2. The average Bonchev–Trinajstić information content (AvgIpc) is 2.94. The van der Waals surface area contributed by atoms with Crippen molar-refractivity contribution in [3.05, 3.63) is 53.0 Å². The van der Waals surface area contributed by atoms with E-state index in [1.165, 1.54) is 16.7 Å². The zero-order chi connectivity index (χ0) is 20.5. The summed E-state index contributed by atoms with van der Waals surface area (Å²) in [7, 11) is -0.384. The lowest BCUT2D eigenvalue weighted by molar-refractivity contribution is -0.116. The lowest BCUT2D eigenvalue weighted by atomic mass is 10.2. The first-order valence-electron chi connectivity index (χ1n) is 8.39. The number of benzene rings is 2. The van der Waals surface area contributed by atoms with Crippen molar-refractivity contribution in [3.8, 4) is 0 Å². The molecule has 148 valence electrons. The molecule has 0 saturated carbocycles. The Kier molecular flexibility index (Phi) is 5.25. The van der Waals surface area contributed by atoms with Crippen LogP contribution >= 0.6 is 0 Å². The number of para-hydroxylation sites is 2. The molecular weight excluding hydrogens is 384 g/mol. The van der Waals surface area contributed by atoms with Crippen LogP contribution in [-0.2, 0) is 21.4 Å². The summed E-state index contributed by atoms with van der Waals surface area (Å²) < 4.78 is 29.7. The third kappa shape index (κ3) is 4.07. The Morgan fingerprint density at radius 2 is 1.93 bits per heavy atom. The summed E-state index contributed by atoms with van der Waals surface area (Å²) in [6.07, 6.45) is -0.00406. The molecule has 0 aliphatic heterocycles. The second-order valence-corrected chi connectivity index (χ2v) is 7.97. The smallest absolute Gasteiger partial charge is 0.408 e. The van der Waals surface area contributed by atoms with E-state index < -0.39 is 15.8 Å². The molecular formula is C18H20N4O5S. The van der Waals surface area contributed by atoms with E-state index >= 15 is 0 Å². The van der Waals surface area contributed by atoms with Gasteiger partial charge < -0.3 is 14.6 Å². The summed E-state index contributed by atoms with van der Waals surface area (Å²) in [4.78, 5) is 26.0. The molecule has 3 rings (SSSR count). The topological polar surface area (TPSA) is 128 Å². The monoisotopic (exact) mass is 404 g/mol. The first-order valence-corrected chi connectivity index (χ1v) is 9.94. The van der Waals surface area contributed by atoms with Crippen LogP contribution in [0.1, 0.15) is 6.42 Å². The highest BCUT2D eigenvalue weighted by molar-refractivity contribution is 7.89. The Morgan fingerprint density at radius 3 is 2.61 bits per heavy atom. The first kappa shape index (κ1) is 19.6. The van der Waals surface area contributed by atoms with Gasteiger partial charge in [0.1, 0.15) is 0 Å². The largest absolute Gasteiger partial charge is 0.419 e. The second-order valence-electron chi connectivity index (χ2n) is 6.40. The van der Waals surface area contributed by atoms with Gasteiger partial charge in [0.2, 0.25) is 15.9 Å². The minimum atomic E-state index is -3.91. The third-order valence-electron chi connectivity index (χ3n) is 4.19. The van der Waals surface area contributed by atoms with E-state index in [1.54, 1.807) is 49.3 Å². The van der Waals surface area contributed by atoms with Gasteiger partial charge >= 0.3 is 5.76 Å². The van der Waals surface area contributed by atoms with E-state index in [9.17, 15) is 18.0 Å². The van der Waals surface area contributed by atoms with Gasteiger partial charge in [-0.25, -0.2) is 18.4 Å². The summed E-state index contributed by atoms with van der Waals surface area (Å²) >= 11 is 0. The Morgan fingerprint density at radius 1 is 1.21 bits per heavy atom. The highest BCUT2D eigenvalue weighted by atomic mass is 32.2. The fraction of sp³-hybridized carbons (Fsp3) is 0.222. The van der Waals surface area contributed by atoms with Crippen molar-refractivity contribution in [1.29, 1.82) is 0 Å². The molecule has 1 aromatic heterocycles. The van der Waals surface area contributed by atoms with Crippen molar-refractivity contribution < 1.29 is 17.6 Å². The fourth-order valence-corrected chi connectivity index (χ4v) is 3.37. The number of rotatable bonds is 6. The zero-order valence-corrected chi connectivity index (χ0v) is 16.2. The Hall–Kier alpha value is -3.11. The summed E-state index contributed by atoms with van der Waals surface area (Å²) in [5.74, 6) is -0.925. The number of anilines is 2. The van der Waals surface area contributed by atoms with Crippen LogP contribution in [0.2, 0.25) is 0 Å². The molecule has 3 N–H and O–H groups in total. The molecule has 0 aliphatic rings. The van der Waals surface area contributed by atoms with E-state index in [-0.39, 0.29) is 23.8 Å². The van der Waals surface area contributed by atoms with Crippen LogP contribution in [0.3, 0.4) is 0 Å². The molecule has 1 heterocycles. The highest BCUT2D eigenvalue weighted by Crippen LogP contribution is 2.27. The summed E-state index contributed by atoms with van der Waals surface area (Å²) in [6.45, 7) is 0.119. The lowest BCUT2D eigenvalue weighted by Crippen LogP contribution is -2.21. The van der Waals surface area contributed by atoms with Crippen LogP contribution in [-0.4, -0.2) is 33.0 Å². The van der Waals surface area contributed by atoms with Crippen molar-refractivity contribution in [2.75, 3.05) is 24.3 Å². The Bertz CT molecular complexity index is 1190. The number of hydrogen-bond acceptors (Lipinski definition) is 6. The van der Waals surface area contributed by atoms with Gasteiger partial charge in [0.05, 0.1) is 21.8 Å². The predicted molar refractivity (Wildman–Crippen MR) is 106 cm³/mol. The van der Waals surface area contributed by atoms with E-state index in [2.05, 4.69) is 5.32 Å². The van der Waals surface area contributed by atoms with Crippen LogP contribution in [0.15, 0.2) is 56.6 Å². The quantitative estimate of drug-likeness (QED) is 0.638. The molecule has 0 unspecified atom stereocenters. The first-order chi connectivity index (χ1) is 13.2. The molecule has 0 radical (unpaired) electrons. The molecule has 0 atom stereocenters. The summed E-state index contributed by atoms with van der Waals surface area (Å²) in [5, 5.41) is 7.86. The number of aryl methyl sites for hydroxylation is 1. The van der Waals surface area contributed by atoms with Crippen molar-refractivity contribution in [2.24, 2.45) is 5.14 Å². The molecule has 3 aromatic rings. The lowest BCUT2D eigenvalue weighted by Gasteiger charge is -2.18. The molecule has 2 aromatic carbocycles. The van der Waals surface area contributed by atoms with Gasteiger partial charge in [-0.2, -0.15) is 0 Å². The van der Waals surface area contributed by atoms with Crippen LogP contribution < -0.4 is 21.1 Å².